The molecule has 2 aromatic carbocycles. The largest absolute Gasteiger partial charge is 0.506 e. The molecule has 7 heteroatoms. The van der Waals surface area contributed by atoms with Gasteiger partial charge in [0.1, 0.15) is 17.3 Å². The molecule has 0 saturated heterocycles. The van der Waals surface area contributed by atoms with Gasteiger partial charge in [-0.05, 0) is 62.3 Å². The highest BCUT2D eigenvalue weighted by molar-refractivity contribution is 6.06. The SMILES string of the molecule is CC(C)(C)CC(C)(C)Nc1cc(C(=O)N2CCCc3ccccc32)nc(Nc2ccccc2O)n1. The van der Waals surface area contributed by atoms with Crippen molar-refractivity contribution in [2.75, 3.05) is 22.1 Å². The zero-order valence-corrected chi connectivity index (χ0v) is 21.2. The Hall–Kier alpha value is -3.61. The fraction of sp³-hybridized carbons (Fsp3) is 0.393. The van der Waals surface area contributed by atoms with Crippen molar-refractivity contribution >= 4 is 29.0 Å². The van der Waals surface area contributed by atoms with E-state index in [1.807, 2.05) is 24.3 Å². The first-order valence-corrected chi connectivity index (χ1v) is 12.1. The lowest BCUT2D eigenvalue weighted by Crippen LogP contribution is -2.37. The zero-order valence-electron chi connectivity index (χ0n) is 21.2. The van der Waals surface area contributed by atoms with Crippen LogP contribution < -0.4 is 15.5 Å². The third kappa shape index (κ3) is 6.10. The van der Waals surface area contributed by atoms with E-state index >= 15 is 0 Å². The quantitative estimate of drug-likeness (QED) is 0.372. The van der Waals surface area contributed by atoms with E-state index in [-0.39, 0.29) is 28.6 Å². The van der Waals surface area contributed by atoms with E-state index in [2.05, 4.69) is 61.3 Å². The molecule has 4 rings (SSSR count). The van der Waals surface area contributed by atoms with Gasteiger partial charge < -0.3 is 20.6 Å². The number of para-hydroxylation sites is 3. The first-order chi connectivity index (χ1) is 16.5. The number of aromatic nitrogens is 2. The zero-order chi connectivity index (χ0) is 25.2. The topological polar surface area (TPSA) is 90.4 Å². The van der Waals surface area contributed by atoms with Crippen molar-refractivity contribution in [2.45, 2.75) is 59.4 Å². The number of aryl methyl sites for hydroxylation is 1. The number of aromatic hydroxyl groups is 1. The highest BCUT2D eigenvalue weighted by Gasteiger charge is 2.28. The summed E-state index contributed by atoms with van der Waals surface area (Å²) in [5.41, 5.74) is 2.70. The lowest BCUT2D eigenvalue weighted by molar-refractivity contribution is 0.0980. The van der Waals surface area contributed by atoms with Crippen molar-refractivity contribution < 1.29 is 9.90 Å². The molecule has 0 fully saturated rings. The molecule has 0 atom stereocenters. The molecule has 2 heterocycles. The number of nitrogens with zero attached hydrogens (tertiary/aromatic N) is 3. The van der Waals surface area contributed by atoms with Crippen LogP contribution in [0.3, 0.4) is 0 Å². The van der Waals surface area contributed by atoms with Gasteiger partial charge in [0.15, 0.2) is 0 Å². The van der Waals surface area contributed by atoms with Gasteiger partial charge in [0.05, 0.1) is 5.69 Å². The number of phenols is 1. The Labute approximate surface area is 207 Å². The first-order valence-electron chi connectivity index (χ1n) is 12.1. The van der Waals surface area contributed by atoms with Crippen LogP contribution in [-0.4, -0.2) is 33.1 Å². The molecule has 3 N–H and O–H groups in total. The molecule has 35 heavy (non-hydrogen) atoms. The van der Waals surface area contributed by atoms with Gasteiger partial charge in [-0.1, -0.05) is 51.1 Å². The van der Waals surface area contributed by atoms with Gasteiger partial charge in [0.25, 0.3) is 5.91 Å². The highest BCUT2D eigenvalue weighted by Crippen LogP contribution is 2.32. The molecule has 0 spiro atoms. The fourth-order valence-corrected chi connectivity index (χ4v) is 4.98. The molecule has 1 aliphatic heterocycles. The third-order valence-corrected chi connectivity index (χ3v) is 5.89. The number of amides is 1. The molecular weight excluding hydrogens is 438 g/mol. The third-order valence-electron chi connectivity index (χ3n) is 5.89. The lowest BCUT2D eigenvalue weighted by atomic mass is 9.82. The molecular formula is C28H35N5O2. The first kappa shape index (κ1) is 24.5. The Kier molecular flexibility index (Phi) is 6.70. The van der Waals surface area contributed by atoms with E-state index in [4.69, 9.17) is 0 Å². The Balaban J connectivity index is 1.71. The van der Waals surface area contributed by atoms with Crippen molar-refractivity contribution in [2.24, 2.45) is 5.41 Å². The van der Waals surface area contributed by atoms with E-state index in [0.29, 0.717) is 23.7 Å². The van der Waals surface area contributed by atoms with Crippen molar-refractivity contribution in [3.8, 4) is 5.75 Å². The Morgan fingerprint density at radius 1 is 1.03 bits per heavy atom. The second-order valence-electron chi connectivity index (χ2n) is 11.0. The number of hydrogen-bond donors (Lipinski definition) is 3. The molecule has 1 amide bonds. The number of benzene rings is 2. The molecule has 7 nitrogen and oxygen atoms in total. The average Bonchev–Trinajstić information content (AvgIpc) is 2.77. The molecule has 0 saturated carbocycles. The number of rotatable bonds is 6. The van der Waals surface area contributed by atoms with Crippen LogP contribution in [0.4, 0.5) is 23.1 Å². The number of fused-ring (bicyclic) bond motifs is 1. The van der Waals surface area contributed by atoms with Crippen LogP contribution in [0.1, 0.15) is 63.5 Å². The number of carbonyl (C=O) groups is 1. The van der Waals surface area contributed by atoms with Crippen LogP contribution >= 0.6 is 0 Å². The number of carbonyl (C=O) groups excluding carboxylic acids is 1. The molecule has 0 bridgehead atoms. The molecule has 0 unspecified atom stereocenters. The maximum atomic E-state index is 13.7. The second kappa shape index (κ2) is 9.56. The number of nitrogens with one attached hydrogen (secondary N) is 2. The number of anilines is 4. The predicted octanol–water partition coefficient (Wildman–Crippen LogP) is 6.15. The smallest absolute Gasteiger partial charge is 0.277 e. The standard InChI is InChI=1S/C28H35N5O2/c1-27(2,3)18-28(4,5)32-24-17-21(30-26(31-24)29-20-13-7-9-15-23(20)34)25(35)33-16-10-12-19-11-6-8-14-22(19)33/h6-9,11,13-15,17,34H,10,12,16,18H2,1-5H3,(H2,29,30,31,32). The summed E-state index contributed by atoms with van der Waals surface area (Å²) in [5.74, 6) is 0.717. The summed E-state index contributed by atoms with van der Waals surface area (Å²) in [5, 5.41) is 16.8. The molecule has 0 radical (unpaired) electrons. The van der Waals surface area contributed by atoms with Crippen molar-refractivity contribution in [1.82, 2.24) is 9.97 Å². The van der Waals surface area contributed by atoms with Gasteiger partial charge in [-0.15, -0.1) is 0 Å². The maximum absolute atomic E-state index is 13.7. The summed E-state index contributed by atoms with van der Waals surface area (Å²) in [7, 11) is 0. The van der Waals surface area contributed by atoms with Crippen LogP contribution in [0.15, 0.2) is 54.6 Å². The van der Waals surface area contributed by atoms with Crippen LogP contribution in [-0.2, 0) is 6.42 Å². The minimum Gasteiger partial charge on any atom is -0.506 e. The number of phenolic OH excluding ortho intramolecular Hbond substituents is 1. The van der Waals surface area contributed by atoms with Gasteiger partial charge in [0.2, 0.25) is 5.95 Å². The van der Waals surface area contributed by atoms with Crippen molar-refractivity contribution in [3.05, 3.63) is 65.9 Å². The lowest BCUT2D eigenvalue weighted by Gasteiger charge is -2.34. The predicted molar refractivity (Wildman–Crippen MR) is 142 cm³/mol. The van der Waals surface area contributed by atoms with Crippen LogP contribution in [0.2, 0.25) is 0 Å². The minimum atomic E-state index is -0.267. The molecule has 184 valence electrons. The molecule has 0 aliphatic carbocycles. The van der Waals surface area contributed by atoms with E-state index in [9.17, 15) is 9.90 Å². The molecule has 1 aliphatic rings. The fourth-order valence-electron chi connectivity index (χ4n) is 4.98. The summed E-state index contributed by atoms with van der Waals surface area (Å²) >= 11 is 0. The second-order valence-corrected chi connectivity index (χ2v) is 11.0. The molecule has 1 aromatic heterocycles. The van der Waals surface area contributed by atoms with E-state index in [1.54, 1.807) is 29.2 Å². The van der Waals surface area contributed by atoms with E-state index in [0.717, 1.165) is 24.9 Å². The summed E-state index contributed by atoms with van der Waals surface area (Å²) in [6.07, 6.45) is 2.76. The van der Waals surface area contributed by atoms with Crippen molar-refractivity contribution in [3.63, 3.8) is 0 Å². The average molecular weight is 474 g/mol. The van der Waals surface area contributed by atoms with Crippen molar-refractivity contribution in [1.29, 1.82) is 0 Å². The monoisotopic (exact) mass is 473 g/mol. The van der Waals surface area contributed by atoms with Gasteiger partial charge in [-0.3, -0.25) is 4.79 Å². The molecule has 3 aromatic rings. The van der Waals surface area contributed by atoms with Crippen LogP contribution in [0, 0.1) is 5.41 Å². The van der Waals surface area contributed by atoms with Gasteiger partial charge >= 0.3 is 0 Å². The van der Waals surface area contributed by atoms with Gasteiger partial charge in [0, 0.05) is 23.8 Å². The van der Waals surface area contributed by atoms with Gasteiger partial charge in [-0.25, -0.2) is 4.98 Å². The Morgan fingerprint density at radius 3 is 2.49 bits per heavy atom. The van der Waals surface area contributed by atoms with E-state index < -0.39 is 0 Å². The summed E-state index contributed by atoms with van der Waals surface area (Å²) in [6.45, 7) is 11.5. The Morgan fingerprint density at radius 2 is 1.74 bits per heavy atom. The van der Waals surface area contributed by atoms with Gasteiger partial charge in [-0.2, -0.15) is 4.98 Å². The Bertz CT molecular complexity index is 1220. The summed E-state index contributed by atoms with van der Waals surface area (Å²) in [4.78, 5) is 24.7. The summed E-state index contributed by atoms with van der Waals surface area (Å²) in [6, 6.07) is 16.6. The summed E-state index contributed by atoms with van der Waals surface area (Å²) < 4.78 is 0. The van der Waals surface area contributed by atoms with Crippen LogP contribution in [0.25, 0.3) is 0 Å². The minimum absolute atomic E-state index is 0.0837. The highest BCUT2D eigenvalue weighted by atomic mass is 16.3. The van der Waals surface area contributed by atoms with E-state index in [1.165, 1.54) is 5.56 Å². The van der Waals surface area contributed by atoms with Crippen LogP contribution in [0.5, 0.6) is 5.75 Å². The number of hydrogen-bond acceptors (Lipinski definition) is 6. The normalized spacial score (nSPS) is 13.8. The maximum Gasteiger partial charge on any atom is 0.277 e.